The molecule has 0 saturated carbocycles. The van der Waals surface area contributed by atoms with Crippen molar-refractivity contribution in [1.29, 1.82) is 0 Å². The average molecular weight is 234 g/mol. The summed E-state index contributed by atoms with van der Waals surface area (Å²) in [6.45, 7) is 0. The van der Waals surface area contributed by atoms with E-state index in [9.17, 15) is 0 Å². The van der Waals surface area contributed by atoms with Crippen molar-refractivity contribution in [2.45, 2.75) is 4.90 Å². The molecular formula is C11H10N2S2. The van der Waals surface area contributed by atoms with Crippen LogP contribution in [0.4, 0.5) is 0 Å². The lowest BCUT2D eigenvalue weighted by Crippen LogP contribution is -2.00. The molecule has 0 amide bonds. The lowest BCUT2D eigenvalue weighted by atomic mass is 10.1. The molecular weight excluding hydrogens is 224 g/mol. The van der Waals surface area contributed by atoms with Gasteiger partial charge in [-0.05, 0) is 6.07 Å². The summed E-state index contributed by atoms with van der Waals surface area (Å²) in [5.74, 6) is 0. The summed E-state index contributed by atoms with van der Waals surface area (Å²) in [7, 11) is 1.84. The van der Waals surface area contributed by atoms with Crippen LogP contribution in [-0.2, 0) is 7.05 Å². The number of aromatic nitrogens is 2. The van der Waals surface area contributed by atoms with Gasteiger partial charge in [-0.3, -0.25) is 4.68 Å². The molecule has 0 atom stereocenters. The third kappa shape index (κ3) is 2.11. The van der Waals surface area contributed by atoms with E-state index < -0.39 is 0 Å². The van der Waals surface area contributed by atoms with Crippen LogP contribution in [0.2, 0.25) is 0 Å². The molecule has 0 N–H and O–H groups in total. The molecule has 2 nitrogen and oxygen atoms in total. The molecule has 0 fully saturated rings. The first kappa shape index (κ1) is 10.4. The Morgan fingerprint density at radius 2 is 1.93 bits per heavy atom. The van der Waals surface area contributed by atoms with Crippen molar-refractivity contribution in [2.24, 2.45) is 7.05 Å². The fraction of sp³-hybridized carbons (Fsp3) is 0.0909. The van der Waals surface area contributed by atoms with Gasteiger partial charge in [-0.15, -0.1) is 12.6 Å². The van der Waals surface area contributed by atoms with Crippen LogP contribution >= 0.6 is 24.8 Å². The summed E-state index contributed by atoms with van der Waals surface area (Å²) in [4.78, 5) is 0.810. The molecule has 0 radical (unpaired) electrons. The fourth-order valence-corrected chi connectivity index (χ4v) is 1.87. The van der Waals surface area contributed by atoms with Gasteiger partial charge in [0.25, 0.3) is 0 Å². The van der Waals surface area contributed by atoms with E-state index in [4.69, 9.17) is 12.2 Å². The number of benzene rings is 1. The van der Waals surface area contributed by atoms with Crippen molar-refractivity contribution in [2.75, 3.05) is 0 Å². The molecule has 0 aliphatic heterocycles. The predicted octanol–water partition coefficient (Wildman–Crippen LogP) is 3.11. The van der Waals surface area contributed by atoms with Crippen molar-refractivity contribution < 1.29 is 0 Å². The number of thiol groups is 1. The average Bonchev–Trinajstić information content (AvgIpc) is 2.25. The first-order chi connectivity index (χ1) is 7.18. The van der Waals surface area contributed by atoms with Gasteiger partial charge in [0.05, 0.1) is 0 Å². The minimum Gasteiger partial charge on any atom is -0.257 e. The van der Waals surface area contributed by atoms with Crippen molar-refractivity contribution in [3.05, 3.63) is 41.0 Å². The molecule has 0 saturated heterocycles. The highest BCUT2D eigenvalue weighted by molar-refractivity contribution is 7.80. The van der Waals surface area contributed by atoms with Gasteiger partial charge in [-0.1, -0.05) is 42.5 Å². The van der Waals surface area contributed by atoms with E-state index in [1.165, 1.54) is 0 Å². The quantitative estimate of drug-likeness (QED) is 0.603. The highest BCUT2D eigenvalue weighted by Crippen LogP contribution is 2.23. The monoisotopic (exact) mass is 234 g/mol. The van der Waals surface area contributed by atoms with Gasteiger partial charge in [-0.25, -0.2) is 0 Å². The summed E-state index contributed by atoms with van der Waals surface area (Å²) < 4.78 is 2.36. The smallest absolute Gasteiger partial charge is 0.123 e. The minimum atomic E-state index is 0.680. The Bertz CT molecular complexity index is 532. The maximum atomic E-state index is 5.10. The Morgan fingerprint density at radius 3 is 2.60 bits per heavy atom. The Hall–Kier alpha value is -1.13. The van der Waals surface area contributed by atoms with Crippen molar-refractivity contribution in [3.63, 3.8) is 0 Å². The van der Waals surface area contributed by atoms with Crippen molar-refractivity contribution in [1.82, 2.24) is 9.78 Å². The first-order valence-corrected chi connectivity index (χ1v) is 5.37. The summed E-state index contributed by atoms with van der Waals surface area (Å²) in [5, 5.41) is 4.38. The summed E-state index contributed by atoms with van der Waals surface area (Å²) >= 11 is 9.49. The Balaban J connectivity index is 2.64. The number of aryl methyl sites for hydroxylation is 1. The topological polar surface area (TPSA) is 17.8 Å². The summed E-state index contributed by atoms with van der Waals surface area (Å²) in [6.07, 6.45) is 0. The van der Waals surface area contributed by atoms with Crippen LogP contribution in [0.5, 0.6) is 0 Å². The Labute approximate surface area is 99.0 Å². The van der Waals surface area contributed by atoms with E-state index in [1.807, 2.05) is 43.4 Å². The molecule has 1 aromatic carbocycles. The number of nitrogens with zero attached hydrogens (tertiary/aromatic N) is 2. The molecule has 76 valence electrons. The van der Waals surface area contributed by atoms with Crippen LogP contribution in [0.15, 0.2) is 41.3 Å². The Morgan fingerprint density at radius 1 is 1.27 bits per heavy atom. The molecule has 15 heavy (non-hydrogen) atoms. The molecule has 1 heterocycles. The molecule has 0 aliphatic rings. The zero-order valence-electron chi connectivity index (χ0n) is 8.21. The number of rotatable bonds is 1. The first-order valence-electron chi connectivity index (χ1n) is 4.51. The molecule has 0 bridgehead atoms. The van der Waals surface area contributed by atoms with Crippen LogP contribution in [0.1, 0.15) is 0 Å². The van der Waals surface area contributed by atoms with Crippen LogP contribution in [0.25, 0.3) is 11.3 Å². The van der Waals surface area contributed by atoms with E-state index in [1.54, 1.807) is 4.68 Å². The van der Waals surface area contributed by atoms with E-state index in [-0.39, 0.29) is 0 Å². The maximum absolute atomic E-state index is 5.10. The lowest BCUT2D eigenvalue weighted by Gasteiger charge is -2.06. The van der Waals surface area contributed by atoms with Crippen LogP contribution < -0.4 is 0 Å². The zero-order chi connectivity index (χ0) is 10.8. The largest absolute Gasteiger partial charge is 0.257 e. The second kappa shape index (κ2) is 4.16. The van der Waals surface area contributed by atoms with Crippen LogP contribution in [-0.4, -0.2) is 9.78 Å². The predicted molar refractivity (Wildman–Crippen MR) is 66.7 cm³/mol. The molecule has 4 heteroatoms. The van der Waals surface area contributed by atoms with E-state index in [2.05, 4.69) is 17.7 Å². The fourth-order valence-electron chi connectivity index (χ4n) is 1.33. The standard InChI is InChI=1S/C11H10N2S2/c1-13-10(15)7-9(14)11(12-13)8-5-3-2-4-6-8/h2-7,14H,1H3. The maximum Gasteiger partial charge on any atom is 0.123 e. The SMILES string of the molecule is Cn1nc(-c2ccccc2)c(S)cc1=S. The van der Waals surface area contributed by atoms with Gasteiger partial charge in [-0.2, -0.15) is 5.10 Å². The second-order valence-corrected chi connectivity index (χ2v) is 4.11. The molecule has 2 rings (SSSR count). The molecule has 0 aliphatic carbocycles. The highest BCUT2D eigenvalue weighted by Gasteiger charge is 2.04. The van der Waals surface area contributed by atoms with E-state index in [0.29, 0.717) is 4.64 Å². The van der Waals surface area contributed by atoms with Gasteiger partial charge in [0, 0.05) is 17.5 Å². The van der Waals surface area contributed by atoms with E-state index >= 15 is 0 Å². The number of hydrogen-bond acceptors (Lipinski definition) is 3. The van der Waals surface area contributed by atoms with Gasteiger partial charge >= 0.3 is 0 Å². The molecule has 2 aromatic rings. The third-order valence-corrected chi connectivity index (χ3v) is 2.84. The second-order valence-electron chi connectivity index (χ2n) is 3.21. The van der Waals surface area contributed by atoms with Crippen LogP contribution in [0, 0.1) is 4.64 Å². The number of hydrogen-bond donors (Lipinski definition) is 1. The minimum absolute atomic E-state index is 0.680. The lowest BCUT2D eigenvalue weighted by molar-refractivity contribution is 0.722. The van der Waals surface area contributed by atoms with Gasteiger partial charge in [0.15, 0.2) is 0 Å². The molecule has 0 spiro atoms. The van der Waals surface area contributed by atoms with Gasteiger partial charge < -0.3 is 0 Å². The highest BCUT2D eigenvalue weighted by atomic mass is 32.1. The summed E-state index contributed by atoms with van der Waals surface area (Å²) in [5.41, 5.74) is 1.91. The van der Waals surface area contributed by atoms with Gasteiger partial charge in [0.1, 0.15) is 10.3 Å². The van der Waals surface area contributed by atoms with Crippen molar-refractivity contribution in [3.8, 4) is 11.3 Å². The van der Waals surface area contributed by atoms with Crippen LogP contribution in [0.3, 0.4) is 0 Å². The van der Waals surface area contributed by atoms with Crippen molar-refractivity contribution >= 4 is 24.8 Å². The molecule has 1 aromatic heterocycles. The van der Waals surface area contributed by atoms with E-state index in [0.717, 1.165) is 16.2 Å². The third-order valence-electron chi connectivity index (χ3n) is 2.12. The zero-order valence-corrected chi connectivity index (χ0v) is 9.92. The normalized spacial score (nSPS) is 10.3. The molecule has 0 unspecified atom stereocenters. The Kier molecular flexibility index (Phi) is 2.88. The van der Waals surface area contributed by atoms with Gasteiger partial charge in [0.2, 0.25) is 0 Å². The summed E-state index contributed by atoms with van der Waals surface area (Å²) in [6, 6.07) is 11.8.